The molecule has 0 bridgehead atoms. The van der Waals surface area contributed by atoms with Crippen molar-refractivity contribution in [2.45, 2.75) is 19.9 Å². The highest BCUT2D eigenvalue weighted by Crippen LogP contribution is 2.21. The van der Waals surface area contributed by atoms with E-state index in [1.807, 2.05) is 49.1 Å². The van der Waals surface area contributed by atoms with Crippen LogP contribution in [0, 0.1) is 0 Å². The van der Waals surface area contributed by atoms with Crippen LogP contribution in [0.3, 0.4) is 0 Å². The molecule has 0 aliphatic carbocycles. The van der Waals surface area contributed by atoms with Crippen LogP contribution in [-0.4, -0.2) is 28.9 Å². The number of nitrogens with zero attached hydrogens (tertiary/aromatic N) is 4. The zero-order valence-electron chi connectivity index (χ0n) is 12.0. The Kier molecular flexibility index (Phi) is 4.04. The Bertz CT molecular complexity index is 545. The van der Waals surface area contributed by atoms with Gasteiger partial charge in [-0.2, -0.15) is 5.10 Å². The van der Waals surface area contributed by atoms with Crippen molar-refractivity contribution in [3.05, 3.63) is 35.8 Å². The summed E-state index contributed by atoms with van der Waals surface area (Å²) in [5.41, 5.74) is 3.42. The average Bonchev–Trinajstić information content (AvgIpc) is 2.77. The monoisotopic (exact) mass is 259 g/mol. The zero-order chi connectivity index (χ0) is 13.8. The number of rotatable bonds is 5. The fraction of sp³-hybridized carbons (Fsp3) is 0.429. The van der Waals surface area contributed by atoms with Gasteiger partial charge in [0.15, 0.2) is 5.82 Å². The van der Waals surface area contributed by atoms with Gasteiger partial charge in [-0.3, -0.25) is 4.68 Å². The van der Waals surface area contributed by atoms with E-state index in [4.69, 9.17) is 0 Å². The molecule has 1 N–H and O–H groups in total. The third kappa shape index (κ3) is 3.05. The summed E-state index contributed by atoms with van der Waals surface area (Å²) in [4.78, 5) is 6.39. The van der Waals surface area contributed by atoms with Crippen LogP contribution >= 0.6 is 0 Å². The van der Waals surface area contributed by atoms with Crippen LogP contribution < -0.4 is 10.2 Å². The largest absolute Gasteiger partial charge is 0.378 e. The first-order chi connectivity index (χ1) is 9.11. The van der Waals surface area contributed by atoms with Crippen LogP contribution in [-0.2, 0) is 20.0 Å². The maximum atomic E-state index is 4.45. The summed E-state index contributed by atoms with van der Waals surface area (Å²) in [5.74, 6) is 0.949. The second kappa shape index (κ2) is 5.73. The molecule has 5 nitrogen and oxygen atoms in total. The molecule has 102 valence electrons. The molecular weight excluding hydrogens is 238 g/mol. The van der Waals surface area contributed by atoms with E-state index >= 15 is 0 Å². The topological polar surface area (TPSA) is 46.0 Å². The van der Waals surface area contributed by atoms with Gasteiger partial charge in [-0.25, -0.2) is 4.98 Å². The van der Waals surface area contributed by atoms with E-state index in [0.717, 1.165) is 30.2 Å². The molecule has 0 spiro atoms. The van der Waals surface area contributed by atoms with Gasteiger partial charge < -0.3 is 10.2 Å². The minimum Gasteiger partial charge on any atom is -0.378 e. The van der Waals surface area contributed by atoms with Crippen molar-refractivity contribution in [3.63, 3.8) is 0 Å². The predicted molar refractivity (Wildman–Crippen MR) is 78.5 cm³/mol. The predicted octanol–water partition coefficient (Wildman–Crippen LogP) is 2.06. The highest BCUT2D eigenvalue weighted by Gasteiger charge is 2.08. The molecule has 19 heavy (non-hydrogen) atoms. The number of pyridine rings is 1. The van der Waals surface area contributed by atoms with Crippen LogP contribution in [0.4, 0.5) is 11.5 Å². The van der Waals surface area contributed by atoms with Crippen molar-refractivity contribution in [2.24, 2.45) is 7.05 Å². The number of anilines is 2. The number of nitrogens with one attached hydrogen (secondary N) is 1. The second-order valence-corrected chi connectivity index (χ2v) is 4.75. The van der Waals surface area contributed by atoms with Gasteiger partial charge in [-0.1, -0.05) is 6.92 Å². The molecule has 0 aromatic carbocycles. The maximum absolute atomic E-state index is 4.45. The summed E-state index contributed by atoms with van der Waals surface area (Å²) in [5, 5.41) is 7.89. The summed E-state index contributed by atoms with van der Waals surface area (Å²) >= 11 is 0. The third-order valence-corrected chi connectivity index (χ3v) is 3.01. The summed E-state index contributed by atoms with van der Waals surface area (Å²) in [6.45, 7) is 2.89. The van der Waals surface area contributed by atoms with Gasteiger partial charge in [0.05, 0.1) is 11.4 Å². The molecule has 0 saturated heterocycles. The van der Waals surface area contributed by atoms with Crippen LogP contribution in [0.2, 0.25) is 0 Å². The quantitative estimate of drug-likeness (QED) is 0.892. The summed E-state index contributed by atoms with van der Waals surface area (Å²) < 4.78 is 1.87. The molecule has 2 heterocycles. The van der Waals surface area contributed by atoms with Gasteiger partial charge in [0, 0.05) is 45.6 Å². The first kappa shape index (κ1) is 13.4. The minimum absolute atomic E-state index is 0.767. The zero-order valence-corrected chi connectivity index (χ0v) is 12.0. The molecule has 0 aliphatic rings. The molecule has 0 saturated carbocycles. The lowest BCUT2D eigenvalue weighted by Crippen LogP contribution is -2.13. The Morgan fingerprint density at radius 1 is 1.37 bits per heavy atom. The lowest BCUT2D eigenvalue weighted by atomic mass is 10.2. The lowest BCUT2D eigenvalue weighted by Gasteiger charge is -2.16. The summed E-state index contributed by atoms with van der Waals surface area (Å²) in [6.07, 6.45) is 4.82. The molecule has 2 aromatic heterocycles. The molecule has 0 atom stereocenters. The smallest absolute Gasteiger partial charge is 0.151 e. The van der Waals surface area contributed by atoms with E-state index in [1.54, 1.807) is 0 Å². The first-order valence-electron chi connectivity index (χ1n) is 6.49. The molecular formula is C14H21N5. The van der Waals surface area contributed by atoms with Gasteiger partial charge in [-0.05, 0) is 18.6 Å². The molecule has 0 unspecified atom stereocenters. The van der Waals surface area contributed by atoms with Crippen LogP contribution in [0.25, 0.3) is 0 Å². The lowest BCUT2D eigenvalue weighted by molar-refractivity contribution is 0.746. The Labute approximate surface area is 114 Å². The van der Waals surface area contributed by atoms with Crippen LogP contribution in [0.5, 0.6) is 0 Å². The van der Waals surface area contributed by atoms with Crippen molar-refractivity contribution in [2.75, 3.05) is 24.3 Å². The van der Waals surface area contributed by atoms with E-state index in [1.165, 1.54) is 5.56 Å². The van der Waals surface area contributed by atoms with Gasteiger partial charge in [-0.15, -0.1) is 0 Å². The van der Waals surface area contributed by atoms with Crippen LogP contribution in [0.1, 0.15) is 18.2 Å². The Morgan fingerprint density at radius 3 is 2.84 bits per heavy atom. The highest BCUT2D eigenvalue weighted by atomic mass is 15.3. The van der Waals surface area contributed by atoms with E-state index in [2.05, 4.69) is 28.5 Å². The molecule has 2 rings (SSSR count). The Balaban J connectivity index is 2.14. The van der Waals surface area contributed by atoms with Gasteiger partial charge in [0.2, 0.25) is 0 Å². The van der Waals surface area contributed by atoms with Gasteiger partial charge >= 0.3 is 0 Å². The van der Waals surface area contributed by atoms with Gasteiger partial charge in [0.1, 0.15) is 0 Å². The number of hydrogen-bond donors (Lipinski definition) is 1. The highest BCUT2D eigenvalue weighted by molar-refractivity contribution is 5.64. The third-order valence-electron chi connectivity index (χ3n) is 3.01. The minimum atomic E-state index is 0.767. The van der Waals surface area contributed by atoms with E-state index in [9.17, 15) is 0 Å². The Hall–Kier alpha value is -2.04. The number of hydrogen-bond acceptors (Lipinski definition) is 4. The number of aromatic nitrogens is 3. The van der Waals surface area contributed by atoms with Crippen molar-refractivity contribution < 1.29 is 0 Å². The molecule has 0 amide bonds. The molecule has 0 aliphatic heterocycles. The molecule has 5 heteroatoms. The standard InChI is InChI=1S/C14H21N5/c1-5-12-11(10-19(4)17-12)9-16-13-7-6-8-15-14(13)18(2)3/h6-8,10,16H,5,9H2,1-4H3. The summed E-state index contributed by atoms with van der Waals surface area (Å²) in [7, 11) is 5.95. The van der Waals surface area contributed by atoms with Crippen molar-refractivity contribution in [1.82, 2.24) is 14.8 Å². The van der Waals surface area contributed by atoms with Crippen molar-refractivity contribution in [3.8, 4) is 0 Å². The first-order valence-corrected chi connectivity index (χ1v) is 6.49. The molecule has 0 fully saturated rings. The maximum Gasteiger partial charge on any atom is 0.151 e. The molecule has 0 radical (unpaired) electrons. The molecule has 2 aromatic rings. The SMILES string of the molecule is CCc1nn(C)cc1CNc1cccnc1N(C)C. The average molecular weight is 259 g/mol. The van der Waals surface area contributed by atoms with E-state index in [-0.39, 0.29) is 0 Å². The Morgan fingerprint density at radius 2 is 2.16 bits per heavy atom. The van der Waals surface area contributed by atoms with Crippen molar-refractivity contribution >= 4 is 11.5 Å². The number of aryl methyl sites for hydroxylation is 2. The normalized spacial score (nSPS) is 10.5. The van der Waals surface area contributed by atoms with E-state index in [0.29, 0.717) is 0 Å². The van der Waals surface area contributed by atoms with Gasteiger partial charge in [0.25, 0.3) is 0 Å². The van der Waals surface area contributed by atoms with Crippen LogP contribution in [0.15, 0.2) is 24.5 Å². The second-order valence-electron chi connectivity index (χ2n) is 4.75. The summed E-state index contributed by atoms with van der Waals surface area (Å²) in [6, 6.07) is 3.99. The fourth-order valence-electron chi connectivity index (χ4n) is 2.11. The van der Waals surface area contributed by atoms with Crippen molar-refractivity contribution in [1.29, 1.82) is 0 Å². The van der Waals surface area contributed by atoms with E-state index < -0.39 is 0 Å². The fourth-order valence-corrected chi connectivity index (χ4v) is 2.11.